The number of carbonyl (C=O) groups is 1. The number of ether oxygens (including phenoxy) is 1. The molecule has 3 nitrogen and oxygen atoms in total. The van der Waals surface area contributed by atoms with Crippen molar-refractivity contribution in [2.24, 2.45) is 0 Å². The summed E-state index contributed by atoms with van der Waals surface area (Å²) in [5, 5.41) is 0. The number of nitrogens with zero attached hydrogens (tertiary/aromatic N) is 1. The topological polar surface area (TPSA) is 39.2 Å². The van der Waals surface area contributed by atoms with Gasteiger partial charge in [-0.05, 0) is 25.1 Å². The zero-order valence-corrected chi connectivity index (χ0v) is 10.2. The first-order chi connectivity index (χ1) is 9.15. The minimum absolute atomic E-state index is 0.0355. The fourth-order valence-corrected chi connectivity index (χ4v) is 1.74. The summed E-state index contributed by atoms with van der Waals surface area (Å²) in [4.78, 5) is 15.5. The Morgan fingerprint density at radius 3 is 2.58 bits per heavy atom. The summed E-state index contributed by atoms with van der Waals surface area (Å²) in [6, 6.07) is 4.91. The van der Waals surface area contributed by atoms with Gasteiger partial charge < -0.3 is 4.74 Å². The Balaban J connectivity index is 2.60. The molecule has 2 aromatic rings. The molecule has 0 saturated carbocycles. The van der Waals surface area contributed by atoms with Crippen molar-refractivity contribution in [2.45, 2.75) is 6.92 Å². The Morgan fingerprint density at radius 1 is 1.26 bits per heavy atom. The van der Waals surface area contributed by atoms with Crippen LogP contribution in [0.15, 0.2) is 36.7 Å². The second kappa shape index (κ2) is 5.56. The molecule has 1 aromatic heterocycles. The van der Waals surface area contributed by atoms with Gasteiger partial charge in [-0.3, -0.25) is 4.98 Å². The molecule has 2 rings (SSSR count). The summed E-state index contributed by atoms with van der Waals surface area (Å²) in [5.41, 5.74) is -0.0923. The molecule has 0 fully saturated rings. The highest BCUT2D eigenvalue weighted by molar-refractivity contribution is 5.97. The van der Waals surface area contributed by atoms with Crippen LogP contribution in [0.1, 0.15) is 17.3 Å². The van der Waals surface area contributed by atoms with Crippen molar-refractivity contribution >= 4 is 5.97 Å². The average molecular weight is 263 g/mol. The summed E-state index contributed by atoms with van der Waals surface area (Å²) < 4.78 is 32.4. The predicted molar refractivity (Wildman–Crippen MR) is 65.5 cm³/mol. The fourth-order valence-electron chi connectivity index (χ4n) is 1.74. The van der Waals surface area contributed by atoms with Crippen LogP contribution >= 0.6 is 0 Å². The molecule has 0 aliphatic heterocycles. The summed E-state index contributed by atoms with van der Waals surface area (Å²) in [5.74, 6) is -2.14. The third-order valence-corrected chi connectivity index (χ3v) is 2.55. The normalized spacial score (nSPS) is 10.3. The van der Waals surface area contributed by atoms with Gasteiger partial charge in [-0.15, -0.1) is 0 Å². The van der Waals surface area contributed by atoms with Gasteiger partial charge in [0.25, 0.3) is 0 Å². The Bertz CT molecular complexity index is 594. The minimum atomic E-state index is -0.739. The molecule has 0 atom stereocenters. The fraction of sp³-hybridized carbons (Fsp3) is 0.143. The van der Waals surface area contributed by atoms with Crippen molar-refractivity contribution in [1.82, 2.24) is 4.98 Å². The molecule has 1 aromatic carbocycles. The van der Waals surface area contributed by atoms with Crippen LogP contribution in [0.25, 0.3) is 11.1 Å². The molecule has 0 saturated heterocycles. The van der Waals surface area contributed by atoms with E-state index in [4.69, 9.17) is 4.74 Å². The van der Waals surface area contributed by atoms with Crippen LogP contribution in [-0.2, 0) is 4.74 Å². The Hall–Kier alpha value is -2.30. The second-order valence-electron chi connectivity index (χ2n) is 3.74. The zero-order valence-electron chi connectivity index (χ0n) is 10.2. The number of hydrogen-bond donors (Lipinski definition) is 0. The van der Waals surface area contributed by atoms with Gasteiger partial charge in [0.2, 0.25) is 0 Å². The van der Waals surface area contributed by atoms with Crippen LogP contribution < -0.4 is 0 Å². The molecule has 0 radical (unpaired) electrons. The van der Waals surface area contributed by atoms with Crippen LogP contribution in [0, 0.1) is 11.6 Å². The SMILES string of the molecule is CCOC(=O)c1cnccc1-c1c(F)cccc1F. The van der Waals surface area contributed by atoms with Gasteiger partial charge in [0.05, 0.1) is 17.7 Å². The average Bonchev–Trinajstić information content (AvgIpc) is 2.39. The summed E-state index contributed by atoms with van der Waals surface area (Å²) in [7, 11) is 0. The largest absolute Gasteiger partial charge is 0.462 e. The maximum absolute atomic E-state index is 13.8. The van der Waals surface area contributed by atoms with E-state index in [1.807, 2.05) is 0 Å². The first-order valence-corrected chi connectivity index (χ1v) is 5.70. The Labute approximate surface area is 108 Å². The van der Waals surface area contributed by atoms with Crippen LogP contribution in [0.2, 0.25) is 0 Å². The van der Waals surface area contributed by atoms with Crippen LogP contribution in [-0.4, -0.2) is 17.6 Å². The molecule has 19 heavy (non-hydrogen) atoms. The number of aromatic nitrogens is 1. The monoisotopic (exact) mass is 263 g/mol. The molecule has 0 aliphatic rings. The molecule has 0 N–H and O–H groups in total. The van der Waals surface area contributed by atoms with E-state index in [1.165, 1.54) is 24.5 Å². The number of carbonyl (C=O) groups excluding carboxylic acids is 1. The van der Waals surface area contributed by atoms with Crippen molar-refractivity contribution in [2.75, 3.05) is 6.61 Å². The highest BCUT2D eigenvalue weighted by atomic mass is 19.1. The molecule has 0 unspecified atom stereocenters. The molecule has 0 amide bonds. The summed E-state index contributed by atoms with van der Waals surface area (Å²) in [6.45, 7) is 1.82. The van der Waals surface area contributed by atoms with E-state index in [0.29, 0.717) is 0 Å². The Morgan fingerprint density at radius 2 is 1.95 bits per heavy atom. The van der Waals surface area contributed by atoms with E-state index < -0.39 is 17.6 Å². The van der Waals surface area contributed by atoms with Crippen LogP contribution in [0.5, 0.6) is 0 Å². The molecule has 0 bridgehead atoms. The predicted octanol–water partition coefficient (Wildman–Crippen LogP) is 3.20. The quantitative estimate of drug-likeness (QED) is 0.798. The van der Waals surface area contributed by atoms with Crippen molar-refractivity contribution in [1.29, 1.82) is 0 Å². The first kappa shape index (κ1) is 13.1. The second-order valence-corrected chi connectivity index (χ2v) is 3.74. The van der Waals surface area contributed by atoms with E-state index >= 15 is 0 Å². The van der Waals surface area contributed by atoms with Gasteiger partial charge >= 0.3 is 5.97 Å². The standard InChI is InChI=1S/C14H11F2NO2/c1-2-19-14(18)10-8-17-7-6-9(10)13-11(15)4-3-5-12(13)16/h3-8H,2H2,1H3. The molecule has 1 heterocycles. The molecule has 5 heteroatoms. The van der Waals surface area contributed by atoms with E-state index in [-0.39, 0.29) is 23.3 Å². The Kier molecular flexibility index (Phi) is 3.85. The first-order valence-electron chi connectivity index (χ1n) is 5.70. The lowest BCUT2D eigenvalue weighted by Crippen LogP contribution is -2.08. The highest BCUT2D eigenvalue weighted by Crippen LogP contribution is 2.28. The number of rotatable bonds is 3. The third-order valence-electron chi connectivity index (χ3n) is 2.55. The smallest absolute Gasteiger partial charge is 0.340 e. The van der Waals surface area contributed by atoms with E-state index in [1.54, 1.807) is 6.92 Å². The van der Waals surface area contributed by atoms with Crippen LogP contribution in [0.3, 0.4) is 0 Å². The maximum atomic E-state index is 13.8. The van der Waals surface area contributed by atoms with E-state index in [9.17, 15) is 13.6 Å². The van der Waals surface area contributed by atoms with Gasteiger partial charge in [-0.2, -0.15) is 0 Å². The van der Waals surface area contributed by atoms with Gasteiger partial charge in [-0.1, -0.05) is 6.07 Å². The lowest BCUT2D eigenvalue weighted by atomic mass is 10.0. The molecule has 0 aliphatic carbocycles. The zero-order chi connectivity index (χ0) is 13.8. The third kappa shape index (κ3) is 2.59. The highest BCUT2D eigenvalue weighted by Gasteiger charge is 2.19. The van der Waals surface area contributed by atoms with Crippen molar-refractivity contribution in [3.05, 3.63) is 53.9 Å². The van der Waals surface area contributed by atoms with Gasteiger partial charge in [0.15, 0.2) is 0 Å². The van der Waals surface area contributed by atoms with Gasteiger partial charge in [0.1, 0.15) is 11.6 Å². The lowest BCUT2D eigenvalue weighted by molar-refractivity contribution is 0.0527. The van der Waals surface area contributed by atoms with Crippen molar-refractivity contribution in [3.63, 3.8) is 0 Å². The van der Waals surface area contributed by atoms with Gasteiger partial charge in [-0.25, -0.2) is 13.6 Å². The molecule has 98 valence electrons. The summed E-state index contributed by atoms with van der Waals surface area (Å²) >= 11 is 0. The number of pyridine rings is 1. The van der Waals surface area contributed by atoms with Gasteiger partial charge in [0, 0.05) is 18.0 Å². The number of benzene rings is 1. The van der Waals surface area contributed by atoms with Crippen LogP contribution in [0.4, 0.5) is 8.78 Å². The summed E-state index contributed by atoms with van der Waals surface area (Å²) in [6.07, 6.45) is 2.60. The van der Waals surface area contributed by atoms with E-state index in [2.05, 4.69) is 4.98 Å². The van der Waals surface area contributed by atoms with Crippen molar-refractivity contribution in [3.8, 4) is 11.1 Å². The number of esters is 1. The number of hydrogen-bond acceptors (Lipinski definition) is 3. The molecule has 0 spiro atoms. The lowest BCUT2D eigenvalue weighted by Gasteiger charge is -2.09. The van der Waals surface area contributed by atoms with Crippen molar-refractivity contribution < 1.29 is 18.3 Å². The maximum Gasteiger partial charge on any atom is 0.340 e. The minimum Gasteiger partial charge on any atom is -0.462 e. The van der Waals surface area contributed by atoms with E-state index in [0.717, 1.165) is 12.1 Å². The number of halogens is 2. The molecular formula is C14H11F2NO2. The molecular weight excluding hydrogens is 252 g/mol.